The van der Waals surface area contributed by atoms with Crippen molar-refractivity contribution in [1.82, 2.24) is 15.6 Å². The van der Waals surface area contributed by atoms with Crippen LogP contribution >= 0.6 is 0 Å². The minimum atomic E-state index is -4.64. The van der Waals surface area contributed by atoms with Crippen LogP contribution in [0.2, 0.25) is 0 Å². The van der Waals surface area contributed by atoms with Crippen LogP contribution in [0.25, 0.3) is 0 Å². The highest BCUT2D eigenvalue weighted by Crippen LogP contribution is 2.35. The number of amides is 2. The fourth-order valence-corrected chi connectivity index (χ4v) is 3.00. The Balaban J connectivity index is 1.93. The standard InChI is InChI=1S/C19H19F4N3O2/c20-10-12-3-5-13(6-4-12)16(26-18(27)25-14-7-9-28-11-14)17-15(19(21,22)23)2-1-8-24-17/h1-6,8,14,16H,7,9-11H2,(H2,25,26,27)/t14?,16-/m0/s1. The van der Waals surface area contributed by atoms with E-state index >= 15 is 0 Å². The van der Waals surface area contributed by atoms with Crippen LogP contribution in [0.1, 0.15) is 34.8 Å². The number of hydrogen-bond donors (Lipinski definition) is 2. The number of carbonyl (C=O) groups is 1. The van der Waals surface area contributed by atoms with E-state index in [2.05, 4.69) is 15.6 Å². The molecule has 2 atom stereocenters. The molecule has 28 heavy (non-hydrogen) atoms. The van der Waals surface area contributed by atoms with Crippen molar-refractivity contribution in [3.63, 3.8) is 0 Å². The molecular formula is C19H19F4N3O2. The summed E-state index contributed by atoms with van der Waals surface area (Å²) in [6, 6.07) is 5.98. The van der Waals surface area contributed by atoms with Gasteiger partial charge in [-0.1, -0.05) is 24.3 Å². The first-order valence-electron chi connectivity index (χ1n) is 8.70. The Kier molecular flexibility index (Phi) is 6.13. The lowest BCUT2D eigenvalue weighted by atomic mass is 9.98. The Morgan fingerprint density at radius 3 is 2.61 bits per heavy atom. The normalized spacial score (nSPS) is 17.9. The van der Waals surface area contributed by atoms with E-state index in [-0.39, 0.29) is 11.7 Å². The van der Waals surface area contributed by atoms with Crippen LogP contribution in [0.3, 0.4) is 0 Å². The molecule has 3 rings (SSSR count). The lowest BCUT2D eigenvalue weighted by molar-refractivity contribution is -0.138. The number of aromatic nitrogens is 1. The monoisotopic (exact) mass is 397 g/mol. The van der Waals surface area contributed by atoms with E-state index in [1.807, 2.05) is 0 Å². The van der Waals surface area contributed by atoms with Crippen molar-refractivity contribution in [2.24, 2.45) is 0 Å². The highest BCUT2D eigenvalue weighted by Gasteiger charge is 2.37. The van der Waals surface area contributed by atoms with Gasteiger partial charge in [-0.3, -0.25) is 4.98 Å². The zero-order valence-electron chi connectivity index (χ0n) is 14.8. The molecule has 1 unspecified atom stereocenters. The molecule has 2 heterocycles. The highest BCUT2D eigenvalue weighted by molar-refractivity contribution is 5.75. The molecular weight excluding hydrogens is 378 g/mol. The molecule has 2 amide bonds. The second kappa shape index (κ2) is 8.55. The first kappa shape index (κ1) is 20.1. The van der Waals surface area contributed by atoms with Crippen molar-refractivity contribution in [2.45, 2.75) is 31.4 Å². The lowest BCUT2D eigenvalue weighted by Gasteiger charge is -2.23. The molecule has 1 aromatic carbocycles. The average molecular weight is 397 g/mol. The molecule has 1 aromatic heterocycles. The molecule has 2 N–H and O–H groups in total. The van der Waals surface area contributed by atoms with E-state index in [1.54, 1.807) is 0 Å². The molecule has 0 spiro atoms. The second-order valence-corrected chi connectivity index (χ2v) is 6.42. The summed E-state index contributed by atoms with van der Waals surface area (Å²) in [6.45, 7) is 0.163. The summed E-state index contributed by atoms with van der Waals surface area (Å²) in [4.78, 5) is 16.3. The van der Waals surface area contributed by atoms with E-state index in [1.165, 1.54) is 36.5 Å². The van der Waals surface area contributed by atoms with Crippen LogP contribution in [-0.2, 0) is 17.6 Å². The summed E-state index contributed by atoms with van der Waals surface area (Å²) in [5, 5.41) is 5.25. The van der Waals surface area contributed by atoms with Crippen molar-refractivity contribution in [2.75, 3.05) is 13.2 Å². The van der Waals surface area contributed by atoms with Gasteiger partial charge in [-0.25, -0.2) is 9.18 Å². The maximum atomic E-state index is 13.5. The summed E-state index contributed by atoms with van der Waals surface area (Å²) in [5.74, 6) is 0. The van der Waals surface area contributed by atoms with E-state index in [9.17, 15) is 22.4 Å². The number of pyridine rings is 1. The maximum Gasteiger partial charge on any atom is 0.418 e. The first-order valence-corrected chi connectivity index (χ1v) is 8.70. The van der Waals surface area contributed by atoms with Gasteiger partial charge in [0.15, 0.2) is 0 Å². The quantitative estimate of drug-likeness (QED) is 0.756. The molecule has 0 aliphatic carbocycles. The van der Waals surface area contributed by atoms with E-state index in [0.29, 0.717) is 30.8 Å². The van der Waals surface area contributed by atoms with Gasteiger partial charge in [0.05, 0.1) is 29.9 Å². The van der Waals surface area contributed by atoms with E-state index in [0.717, 1.165) is 6.07 Å². The number of benzene rings is 1. The van der Waals surface area contributed by atoms with Crippen molar-refractivity contribution in [3.8, 4) is 0 Å². The van der Waals surface area contributed by atoms with E-state index in [4.69, 9.17) is 4.74 Å². The second-order valence-electron chi connectivity index (χ2n) is 6.42. The summed E-state index contributed by atoms with van der Waals surface area (Å²) in [7, 11) is 0. The Bertz CT molecular complexity index is 806. The molecule has 1 saturated heterocycles. The van der Waals surface area contributed by atoms with Gasteiger partial charge in [0.25, 0.3) is 0 Å². The molecule has 9 heteroatoms. The smallest absolute Gasteiger partial charge is 0.379 e. The molecule has 5 nitrogen and oxygen atoms in total. The largest absolute Gasteiger partial charge is 0.418 e. The van der Waals surface area contributed by atoms with Gasteiger partial charge < -0.3 is 15.4 Å². The zero-order chi connectivity index (χ0) is 20.1. The molecule has 2 aromatic rings. The number of nitrogens with zero attached hydrogens (tertiary/aromatic N) is 1. The third kappa shape index (κ3) is 4.78. The van der Waals surface area contributed by atoms with Gasteiger partial charge in [0, 0.05) is 12.8 Å². The zero-order valence-corrected chi connectivity index (χ0v) is 14.8. The molecule has 0 saturated carbocycles. The SMILES string of the molecule is O=C(NC1CCOC1)N[C@@H](c1ccc(CF)cc1)c1ncccc1C(F)(F)F. The fraction of sp³-hybridized carbons (Fsp3) is 0.368. The average Bonchev–Trinajstić information content (AvgIpc) is 3.18. The summed E-state index contributed by atoms with van der Waals surface area (Å²) in [5.41, 5.74) is -0.536. The van der Waals surface area contributed by atoms with Gasteiger partial charge in [-0.15, -0.1) is 0 Å². The summed E-state index contributed by atoms with van der Waals surface area (Å²) in [6.07, 6.45) is -2.78. The van der Waals surface area contributed by atoms with Crippen LogP contribution in [0, 0.1) is 0 Å². The van der Waals surface area contributed by atoms with Crippen LogP contribution in [0.4, 0.5) is 22.4 Å². The Morgan fingerprint density at radius 1 is 1.25 bits per heavy atom. The van der Waals surface area contributed by atoms with Crippen LogP contribution in [0.5, 0.6) is 0 Å². The number of alkyl halides is 4. The number of hydrogen-bond acceptors (Lipinski definition) is 3. The predicted molar refractivity (Wildman–Crippen MR) is 93.2 cm³/mol. The van der Waals surface area contributed by atoms with Crippen molar-refractivity contribution in [3.05, 3.63) is 65.0 Å². The molecule has 0 bridgehead atoms. The molecule has 150 valence electrons. The fourth-order valence-electron chi connectivity index (χ4n) is 3.00. The summed E-state index contributed by atoms with van der Waals surface area (Å²) < 4.78 is 58.4. The van der Waals surface area contributed by atoms with Crippen molar-refractivity contribution >= 4 is 6.03 Å². The van der Waals surface area contributed by atoms with E-state index < -0.39 is 30.5 Å². The third-order valence-corrected chi connectivity index (χ3v) is 4.43. The van der Waals surface area contributed by atoms with Crippen LogP contribution in [0.15, 0.2) is 42.6 Å². The first-order chi connectivity index (χ1) is 13.4. The Morgan fingerprint density at radius 2 is 2.00 bits per heavy atom. The molecule has 0 radical (unpaired) electrons. The molecule has 1 aliphatic heterocycles. The van der Waals surface area contributed by atoms with Gasteiger partial charge >= 0.3 is 12.2 Å². The van der Waals surface area contributed by atoms with Crippen molar-refractivity contribution in [1.29, 1.82) is 0 Å². The topological polar surface area (TPSA) is 63.2 Å². The van der Waals surface area contributed by atoms with Crippen LogP contribution < -0.4 is 10.6 Å². The Labute approximate surface area is 159 Å². The number of nitrogens with one attached hydrogen (secondary N) is 2. The van der Waals surface area contributed by atoms with Crippen LogP contribution in [-0.4, -0.2) is 30.3 Å². The number of urea groups is 1. The number of halogens is 4. The number of carbonyl (C=O) groups excluding carboxylic acids is 1. The van der Waals surface area contributed by atoms with Gasteiger partial charge in [0.1, 0.15) is 6.67 Å². The highest BCUT2D eigenvalue weighted by atomic mass is 19.4. The minimum absolute atomic E-state index is 0.208. The molecule has 1 fully saturated rings. The molecule has 1 aliphatic rings. The Hall–Kier alpha value is -2.68. The number of ether oxygens (including phenoxy) is 1. The number of rotatable bonds is 5. The maximum absolute atomic E-state index is 13.5. The van der Waals surface area contributed by atoms with Crippen molar-refractivity contribution < 1.29 is 27.1 Å². The predicted octanol–water partition coefficient (Wildman–Crippen LogP) is 3.75. The van der Waals surface area contributed by atoms with Gasteiger partial charge in [-0.2, -0.15) is 13.2 Å². The van der Waals surface area contributed by atoms with Gasteiger partial charge in [-0.05, 0) is 29.7 Å². The summed E-state index contributed by atoms with van der Waals surface area (Å²) >= 11 is 0. The lowest BCUT2D eigenvalue weighted by Crippen LogP contribution is -2.44. The van der Waals surface area contributed by atoms with Gasteiger partial charge in [0.2, 0.25) is 0 Å². The minimum Gasteiger partial charge on any atom is -0.379 e. The third-order valence-electron chi connectivity index (χ3n) is 4.43.